The normalized spacial score (nSPS) is 13.4. The van der Waals surface area contributed by atoms with Gasteiger partial charge in [0.1, 0.15) is 0 Å². The van der Waals surface area contributed by atoms with Crippen LogP contribution in [-0.2, 0) is 6.42 Å². The molecule has 1 unspecified atom stereocenters. The van der Waals surface area contributed by atoms with Crippen molar-refractivity contribution in [2.24, 2.45) is 0 Å². The topological polar surface area (TPSA) is 0 Å². The lowest BCUT2D eigenvalue weighted by atomic mass is 9.83. The van der Waals surface area contributed by atoms with Crippen molar-refractivity contribution in [2.45, 2.75) is 44.7 Å². The van der Waals surface area contributed by atoms with Gasteiger partial charge >= 0.3 is 6.18 Å². The lowest BCUT2D eigenvalue weighted by Crippen LogP contribution is -2.17. The Morgan fingerprint density at radius 2 is 1.36 bits per heavy atom. The molecule has 0 bridgehead atoms. The van der Waals surface area contributed by atoms with Crippen LogP contribution in [0.2, 0.25) is 0 Å². The summed E-state index contributed by atoms with van der Waals surface area (Å²) in [5, 5.41) is 0. The lowest BCUT2D eigenvalue weighted by molar-refractivity contribution is -0.138. The maximum Gasteiger partial charge on any atom is 0.389 e. The number of benzene rings is 2. The molecule has 0 saturated carbocycles. The molecule has 1 atom stereocenters. The van der Waals surface area contributed by atoms with E-state index >= 15 is 0 Å². The highest BCUT2D eigenvalue weighted by molar-refractivity contribution is 5.34. The molecule has 22 heavy (non-hydrogen) atoms. The number of hydrogen-bond donors (Lipinski definition) is 0. The molecule has 2 aromatic rings. The zero-order valence-corrected chi connectivity index (χ0v) is 12.9. The van der Waals surface area contributed by atoms with Gasteiger partial charge in [0.2, 0.25) is 0 Å². The van der Waals surface area contributed by atoms with Crippen LogP contribution in [0, 0.1) is 0 Å². The van der Waals surface area contributed by atoms with Gasteiger partial charge in [-0.25, -0.2) is 0 Å². The van der Waals surface area contributed by atoms with E-state index in [4.69, 9.17) is 0 Å². The van der Waals surface area contributed by atoms with Crippen LogP contribution in [0.25, 0.3) is 0 Å². The molecule has 0 N–H and O–H groups in total. The van der Waals surface area contributed by atoms with E-state index in [1.165, 1.54) is 0 Å². The third-order valence-electron chi connectivity index (χ3n) is 3.86. The van der Waals surface area contributed by atoms with Crippen LogP contribution in [0.4, 0.5) is 13.2 Å². The minimum absolute atomic E-state index is 0.211. The Balaban J connectivity index is 2.36. The smallest absolute Gasteiger partial charge is 0.171 e. The first-order valence-corrected chi connectivity index (χ1v) is 7.56. The average molecular weight is 306 g/mol. The van der Waals surface area contributed by atoms with E-state index < -0.39 is 18.5 Å². The maximum absolute atomic E-state index is 13.0. The average Bonchev–Trinajstić information content (AvgIpc) is 2.46. The lowest BCUT2D eigenvalue weighted by Gasteiger charge is -2.23. The fourth-order valence-corrected chi connectivity index (χ4v) is 2.88. The fourth-order valence-electron chi connectivity index (χ4n) is 2.88. The van der Waals surface area contributed by atoms with Gasteiger partial charge in [-0.05, 0) is 34.9 Å². The van der Waals surface area contributed by atoms with Crippen molar-refractivity contribution >= 4 is 0 Å². The molecule has 0 aliphatic rings. The van der Waals surface area contributed by atoms with Gasteiger partial charge in [-0.1, -0.05) is 68.4 Å². The van der Waals surface area contributed by atoms with Gasteiger partial charge in [-0.15, -0.1) is 0 Å². The van der Waals surface area contributed by atoms with Crippen molar-refractivity contribution in [3.8, 4) is 0 Å². The minimum atomic E-state index is -4.16. The van der Waals surface area contributed by atoms with Crippen molar-refractivity contribution in [1.29, 1.82) is 0 Å². The summed E-state index contributed by atoms with van der Waals surface area (Å²) in [6.45, 7) is 4.04. The predicted molar refractivity (Wildman–Crippen MR) is 84.1 cm³/mol. The number of halogens is 3. The third-order valence-corrected chi connectivity index (χ3v) is 3.86. The molecule has 0 aliphatic carbocycles. The van der Waals surface area contributed by atoms with Crippen LogP contribution in [-0.4, -0.2) is 6.18 Å². The first-order chi connectivity index (χ1) is 10.4. The van der Waals surface area contributed by atoms with E-state index in [9.17, 15) is 13.2 Å². The van der Waals surface area contributed by atoms with E-state index in [0.29, 0.717) is 6.42 Å². The standard InChI is InChI=1S/C19H21F3/c1-14(2)17-10-6-7-11-18(17)16(13-19(20,21)22)12-15-8-4-3-5-9-15/h3-11,14,16H,12-13H2,1-2H3. The highest BCUT2D eigenvalue weighted by Gasteiger charge is 2.33. The van der Waals surface area contributed by atoms with Crippen molar-refractivity contribution in [2.75, 3.05) is 0 Å². The summed E-state index contributed by atoms with van der Waals surface area (Å²) in [5.74, 6) is -0.330. The molecule has 0 heterocycles. The number of rotatable bonds is 5. The van der Waals surface area contributed by atoms with Gasteiger partial charge in [0.05, 0.1) is 6.42 Å². The second-order valence-corrected chi connectivity index (χ2v) is 5.99. The molecule has 0 aromatic heterocycles. The Morgan fingerprint density at radius 1 is 0.818 bits per heavy atom. The van der Waals surface area contributed by atoms with Crippen molar-refractivity contribution in [3.05, 3.63) is 71.3 Å². The zero-order valence-electron chi connectivity index (χ0n) is 12.9. The van der Waals surface area contributed by atoms with E-state index in [-0.39, 0.29) is 5.92 Å². The Labute approximate surface area is 130 Å². The first kappa shape index (κ1) is 16.6. The Kier molecular flexibility index (Phi) is 5.28. The molecule has 2 rings (SSSR count). The summed E-state index contributed by atoms with van der Waals surface area (Å²) in [4.78, 5) is 0. The van der Waals surface area contributed by atoms with Gasteiger partial charge in [0.15, 0.2) is 0 Å². The largest absolute Gasteiger partial charge is 0.389 e. The Hall–Kier alpha value is -1.77. The molecule has 0 fully saturated rings. The molecule has 0 amide bonds. The Bertz CT molecular complexity index is 585. The van der Waals surface area contributed by atoms with Crippen molar-refractivity contribution < 1.29 is 13.2 Å². The van der Waals surface area contributed by atoms with Crippen molar-refractivity contribution in [1.82, 2.24) is 0 Å². The second kappa shape index (κ2) is 6.99. The molecule has 0 spiro atoms. The summed E-state index contributed by atoms with van der Waals surface area (Å²) in [6, 6.07) is 16.9. The van der Waals surface area contributed by atoms with E-state index in [2.05, 4.69) is 0 Å². The van der Waals surface area contributed by atoms with Crippen LogP contribution in [0.3, 0.4) is 0 Å². The van der Waals surface area contributed by atoms with Gasteiger partial charge in [0.25, 0.3) is 0 Å². The summed E-state index contributed by atoms with van der Waals surface area (Å²) >= 11 is 0. The predicted octanol–water partition coefficient (Wildman–Crippen LogP) is 6.09. The van der Waals surface area contributed by atoms with E-state index in [1.807, 2.05) is 68.4 Å². The van der Waals surface area contributed by atoms with Crippen LogP contribution in [0.15, 0.2) is 54.6 Å². The maximum atomic E-state index is 13.0. The zero-order chi connectivity index (χ0) is 16.2. The molecular weight excluding hydrogens is 285 g/mol. The first-order valence-electron chi connectivity index (χ1n) is 7.56. The summed E-state index contributed by atoms with van der Waals surface area (Å²) in [5.41, 5.74) is 2.77. The van der Waals surface area contributed by atoms with E-state index in [1.54, 1.807) is 0 Å². The van der Waals surface area contributed by atoms with Crippen molar-refractivity contribution in [3.63, 3.8) is 0 Å². The summed E-state index contributed by atoms with van der Waals surface area (Å²) in [7, 11) is 0. The fraction of sp³-hybridized carbons (Fsp3) is 0.368. The minimum Gasteiger partial charge on any atom is -0.171 e. The quantitative estimate of drug-likeness (QED) is 0.627. The van der Waals surface area contributed by atoms with Gasteiger partial charge < -0.3 is 0 Å². The molecular formula is C19H21F3. The number of alkyl halides is 3. The molecule has 3 heteroatoms. The second-order valence-electron chi connectivity index (χ2n) is 5.99. The van der Waals surface area contributed by atoms with Gasteiger partial charge in [-0.3, -0.25) is 0 Å². The monoisotopic (exact) mass is 306 g/mol. The number of hydrogen-bond acceptors (Lipinski definition) is 0. The highest BCUT2D eigenvalue weighted by Crippen LogP contribution is 2.36. The molecule has 0 aliphatic heterocycles. The van der Waals surface area contributed by atoms with Crippen LogP contribution in [0.1, 0.15) is 48.8 Å². The molecule has 0 radical (unpaired) electrons. The Morgan fingerprint density at radius 3 is 1.91 bits per heavy atom. The van der Waals surface area contributed by atoms with Gasteiger partial charge in [-0.2, -0.15) is 13.2 Å². The SMILES string of the molecule is CC(C)c1ccccc1C(Cc1ccccc1)CC(F)(F)F. The highest BCUT2D eigenvalue weighted by atomic mass is 19.4. The molecule has 0 saturated heterocycles. The van der Waals surface area contributed by atoms with Crippen LogP contribution < -0.4 is 0 Å². The summed E-state index contributed by atoms with van der Waals surface area (Å²) < 4.78 is 39.1. The van der Waals surface area contributed by atoms with E-state index in [0.717, 1.165) is 16.7 Å². The molecule has 2 aromatic carbocycles. The molecule has 0 nitrogen and oxygen atoms in total. The third kappa shape index (κ3) is 4.62. The van der Waals surface area contributed by atoms with Gasteiger partial charge in [0, 0.05) is 0 Å². The van der Waals surface area contributed by atoms with Crippen LogP contribution >= 0.6 is 0 Å². The summed E-state index contributed by atoms with van der Waals surface area (Å²) in [6.07, 6.45) is -4.54. The van der Waals surface area contributed by atoms with Crippen LogP contribution in [0.5, 0.6) is 0 Å². The molecule has 118 valence electrons.